The van der Waals surface area contributed by atoms with Gasteiger partial charge in [0.1, 0.15) is 5.00 Å². The van der Waals surface area contributed by atoms with Crippen LogP contribution < -0.4 is 11.1 Å². The summed E-state index contributed by atoms with van der Waals surface area (Å²) in [7, 11) is 0. The van der Waals surface area contributed by atoms with Crippen LogP contribution in [0.1, 0.15) is 53.4 Å². The predicted octanol–water partition coefficient (Wildman–Crippen LogP) is 2.56. The first kappa shape index (κ1) is 17.7. The molecule has 134 valence electrons. The highest BCUT2D eigenvalue weighted by Crippen LogP contribution is 2.38. The monoisotopic (exact) mass is 362 g/mol. The Balaban J connectivity index is 1.61. The van der Waals surface area contributed by atoms with Gasteiger partial charge in [-0.1, -0.05) is 12.2 Å². The summed E-state index contributed by atoms with van der Waals surface area (Å²) >= 11 is 1.39. The van der Waals surface area contributed by atoms with Gasteiger partial charge in [0.25, 0.3) is 11.8 Å². The third-order valence-electron chi connectivity index (χ3n) is 4.62. The van der Waals surface area contributed by atoms with Crippen molar-refractivity contribution in [2.75, 3.05) is 5.32 Å². The number of fused-ring (bicyclic) bond motifs is 1. The van der Waals surface area contributed by atoms with E-state index < -0.39 is 17.9 Å². The summed E-state index contributed by atoms with van der Waals surface area (Å²) in [4.78, 5) is 37.1. The minimum Gasteiger partial charge on any atom is -0.453 e. The van der Waals surface area contributed by atoms with Crippen molar-refractivity contribution in [3.05, 3.63) is 28.2 Å². The van der Waals surface area contributed by atoms with Gasteiger partial charge in [0.2, 0.25) is 0 Å². The Morgan fingerprint density at radius 3 is 2.88 bits per heavy atom. The Morgan fingerprint density at radius 1 is 1.40 bits per heavy atom. The molecular weight excluding hydrogens is 340 g/mol. The second kappa shape index (κ2) is 7.39. The number of nitrogens with one attached hydrogen (secondary N) is 1. The number of carbonyl (C=O) groups is 3. The van der Waals surface area contributed by atoms with E-state index in [4.69, 9.17) is 10.5 Å². The minimum atomic E-state index is -0.921. The summed E-state index contributed by atoms with van der Waals surface area (Å²) in [6.07, 6.45) is 8.05. The molecule has 6 nitrogen and oxygen atoms in total. The zero-order valence-electron chi connectivity index (χ0n) is 14.2. The van der Waals surface area contributed by atoms with E-state index in [0.29, 0.717) is 10.6 Å². The summed E-state index contributed by atoms with van der Waals surface area (Å²) in [6, 6.07) is 0. The van der Waals surface area contributed by atoms with Crippen LogP contribution in [0, 0.1) is 5.92 Å². The third-order valence-corrected chi connectivity index (χ3v) is 5.83. The fourth-order valence-corrected chi connectivity index (χ4v) is 4.64. The molecule has 0 unspecified atom stereocenters. The Kier molecular flexibility index (Phi) is 5.22. The predicted molar refractivity (Wildman–Crippen MR) is 95.5 cm³/mol. The van der Waals surface area contributed by atoms with Crippen molar-refractivity contribution in [3.8, 4) is 0 Å². The molecule has 3 N–H and O–H groups in total. The molecule has 1 aromatic rings. The number of rotatable bonds is 6. The standard InChI is InChI=1S/C18H22N2O4S/c1-10(24-14(21)9-11-5-2-3-6-11)17(23)20-18-15(16(19)22)12-7-4-8-13(12)25-18/h2,5,10-11H,3-4,6-9H2,1H3,(H2,19,22)(H,20,23)/t10-,11+/m0/s1. The smallest absolute Gasteiger partial charge is 0.307 e. The first-order chi connectivity index (χ1) is 12.0. The van der Waals surface area contributed by atoms with E-state index in [-0.39, 0.29) is 18.3 Å². The van der Waals surface area contributed by atoms with Crippen LogP contribution in [0.25, 0.3) is 0 Å². The van der Waals surface area contributed by atoms with Crippen LogP contribution in [0.5, 0.6) is 0 Å². The summed E-state index contributed by atoms with van der Waals surface area (Å²) in [5.41, 5.74) is 6.83. The Labute approximate surface area is 150 Å². The number of anilines is 1. The molecule has 0 aromatic carbocycles. The van der Waals surface area contributed by atoms with Gasteiger partial charge in [-0.3, -0.25) is 14.4 Å². The molecule has 1 heterocycles. The molecule has 2 aliphatic carbocycles. The van der Waals surface area contributed by atoms with Crippen LogP contribution in [0.2, 0.25) is 0 Å². The first-order valence-electron chi connectivity index (χ1n) is 8.57. The van der Waals surface area contributed by atoms with Crippen molar-refractivity contribution in [1.82, 2.24) is 0 Å². The Morgan fingerprint density at radius 2 is 2.20 bits per heavy atom. The number of thiophene rings is 1. The summed E-state index contributed by atoms with van der Waals surface area (Å²) in [5, 5.41) is 3.17. The molecule has 0 saturated heterocycles. The molecule has 2 atom stereocenters. The SMILES string of the molecule is C[C@H](OC(=O)C[C@@H]1C=CCC1)C(=O)Nc1sc2c(c1C(N)=O)CCC2. The maximum atomic E-state index is 12.3. The van der Waals surface area contributed by atoms with Gasteiger partial charge in [0.15, 0.2) is 6.10 Å². The van der Waals surface area contributed by atoms with Crippen molar-refractivity contribution < 1.29 is 19.1 Å². The average Bonchev–Trinajstić information content (AvgIpc) is 3.23. The largest absolute Gasteiger partial charge is 0.453 e. The summed E-state index contributed by atoms with van der Waals surface area (Å²) in [6.45, 7) is 1.53. The zero-order chi connectivity index (χ0) is 18.0. The second-order valence-electron chi connectivity index (χ2n) is 6.52. The number of hydrogen-bond acceptors (Lipinski definition) is 5. The van der Waals surface area contributed by atoms with E-state index in [1.165, 1.54) is 18.3 Å². The van der Waals surface area contributed by atoms with Crippen LogP contribution in [0.4, 0.5) is 5.00 Å². The number of allylic oxidation sites excluding steroid dienone is 2. The van der Waals surface area contributed by atoms with Crippen LogP contribution in [-0.4, -0.2) is 23.9 Å². The lowest BCUT2D eigenvalue weighted by atomic mass is 10.1. The van der Waals surface area contributed by atoms with Crippen molar-refractivity contribution in [3.63, 3.8) is 0 Å². The van der Waals surface area contributed by atoms with Crippen molar-refractivity contribution in [1.29, 1.82) is 0 Å². The van der Waals surface area contributed by atoms with Gasteiger partial charge in [0.05, 0.1) is 12.0 Å². The molecule has 0 aliphatic heterocycles. The number of aryl methyl sites for hydroxylation is 1. The van der Waals surface area contributed by atoms with Gasteiger partial charge < -0.3 is 15.8 Å². The highest BCUT2D eigenvalue weighted by atomic mass is 32.1. The molecule has 2 aliphatic rings. The molecule has 25 heavy (non-hydrogen) atoms. The van der Waals surface area contributed by atoms with Crippen molar-refractivity contribution in [2.24, 2.45) is 11.7 Å². The van der Waals surface area contributed by atoms with E-state index in [1.54, 1.807) is 0 Å². The third kappa shape index (κ3) is 3.92. The number of amides is 2. The van der Waals surface area contributed by atoms with E-state index in [1.807, 2.05) is 6.08 Å². The molecule has 0 bridgehead atoms. The lowest BCUT2D eigenvalue weighted by molar-refractivity contribution is -0.153. The summed E-state index contributed by atoms with van der Waals surface area (Å²) < 4.78 is 5.23. The number of carbonyl (C=O) groups excluding carboxylic acids is 3. The van der Waals surface area contributed by atoms with Gasteiger partial charge in [0, 0.05) is 4.88 Å². The van der Waals surface area contributed by atoms with Crippen molar-refractivity contribution >= 4 is 34.1 Å². The summed E-state index contributed by atoms with van der Waals surface area (Å²) in [5.74, 6) is -1.17. The number of primary amides is 1. The van der Waals surface area contributed by atoms with E-state index in [9.17, 15) is 14.4 Å². The van der Waals surface area contributed by atoms with Crippen LogP contribution in [0.3, 0.4) is 0 Å². The van der Waals surface area contributed by atoms with Gasteiger partial charge in [-0.2, -0.15) is 0 Å². The van der Waals surface area contributed by atoms with E-state index in [0.717, 1.165) is 42.5 Å². The second-order valence-corrected chi connectivity index (χ2v) is 7.62. The topological polar surface area (TPSA) is 98.5 Å². The zero-order valence-corrected chi connectivity index (χ0v) is 15.0. The van der Waals surface area contributed by atoms with Gasteiger partial charge in [-0.05, 0) is 50.5 Å². The van der Waals surface area contributed by atoms with Crippen molar-refractivity contribution in [2.45, 2.75) is 51.6 Å². The molecule has 0 spiro atoms. The Hall–Kier alpha value is -2.15. The van der Waals surface area contributed by atoms with E-state index >= 15 is 0 Å². The maximum absolute atomic E-state index is 12.3. The highest BCUT2D eigenvalue weighted by molar-refractivity contribution is 7.17. The van der Waals surface area contributed by atoms with Crippen LogP contribution in [-0.2, 0) is 27.2 Å². The maximum Gasteiger partial charge on any atom is 0.307 e. The molecule has 0 saturated carbocycles. The lowest BCUT2D eigenvalue weighted by Gasteiger charge is -2.15. The molecule has 1 aromatic heterocycles. The number of hydrogen-bond donors (Lipinski definition) is 2. The minimum absolute atomic E-state index is 0.199. The average molecular weight is 362 g/mol. The molecule has 7 heteroatoms. The molecular formula is C18H22N2O4S. The molecule has 0 radical (unpaired) electrons. The quantitative estimate of drug-likeness (QED) is 0.600. The molecule has 3 rings (SSSR count). The van der Waals surface area contributed by atoms with Gasteiger partial charge in [-0.25, -0.2) is 0 Å². The van der Waals surface area contributed by atoms with Crippen LogP contribution >= 0.6 is 11.3 Å². The lowest BCUT2D eigenvalue weighted by Crippen LogP contribution is -2.31. The Bertz CT molecular complexity index is 738. The number of ether oxygens (including phenoxy) is 1. The molecule has 2 amide bonds. The molecule has 0 fully saturated rings. The van der Waals surface area contributed by atoms with Gasteiger partial charge in [-0.15, -0.1) is 11.3 Å². The number of esters is 1. The highest BCUT2D eigenvalue weighted by Gasteiger charge is 2.28. The van der Waals surface area contributed by atoms with Gasteiger partial charge >= 0.3 is 5.97 Å². The van der Waals surface area contributed by atoms with E-state index in [2.05, 4.69) is 11.4 Å². The normalized spacial score (nSPS) is 19.5. The fourth-order valence-electron chi connectivity index (χ4n) is 3.34. The first-order valence-corrected chi connectivity index (χ1v) is 9.38. The van der Waals surface area contributed by atoms with Crippen LogP contribution in [0.15, 0.2) is 12.2 Å². The fraction of sp³-hybridized carbons (Fsp3) is 0.500. The number of nitrogens with two attached hydrogens (primary N) is 1.